The monoisotopic (exact) mass is 266 g/mol. The van der Waals surface area contributed by atoms with Crippen LogP contribution in [0.1, 0.15) is 51.4 Å². The molecule has 3 amide bonds. The summed E-state index contributed by atoms with van der Waals surface area (Å²) in [6.07, 6.45) is 6.63. The Morgan fingerprint density at radius 2 is 1.47 bits per heavy atom. The van der Waals surface area contributed by atoms with Crippen molar-refractivity contribution in [1.29, 1.82) is 0 Å². The Labute approximate surface area is 113 Å². The van der Waals surface area contributed by atoms with Crippen LogP contribution in [0.4, 0.5) is 0 Å². The first-order chi connectivity index (χ1) is 9.18. The Hall–Kier alpha value is -1.39. The summed E-state index contributed by atoms with van der Waals surface area (Å²) in [5, 5.41) is 0. The molecule has 0 aromatic carbocycles. The van der Waals surface area contributed by atoms with Gasteiger partial charge in [0.1, 0.15) is 6.54 Å². The van der Waals surface area contributed by atoms with E-state index in [-0.39, 0.29) is 24.3 Å². The van der Waals surface area contributed by atoms with Crippen LogP contribution in [0.2, 0.25) is 0 Å². The molecule has 0 bridgehead atoms. The van der Waals surface area contributed by atoms with E-state index in [1.807, 2.05) is 0 Å². The van der Waals surface area contributed by atoms with E-state index in [2.05, 4.69) is 0 Å². The Balaban J connectivity index is 1.94. The second-order valence-corrected chi connectivity index (χ2v) is 5.38. The van der Waals surface area contributed by atoms with Gasteiger partial charge in [-0.2, -0.15) is 0 Å². The lowest BCUT2D eigenvalue weighted by molar-refractivity contribution is -0.148. The van der Waals surface area contributed by atoms with Crippen molar-refractivity contribution in [3.63, 3.8) is 0 Å². The van der Waals surface area contributed by atoms with Gasteiger partial charge in [-0.15, -0.1) is 0 Å². The first kappa shape index (κ1) is 14.0. The third-order valence-electron chi connectivity index (χ3n) is 3.87. The van der Waals surface area contributed by atoms with Gasteiger partial charge in [0, 0.05) is 25.9 Å². The Morgan fingerprint density at radius 3 is 2.21 bits per heavy atom. The fourth-order valence-electron chi connectivity index (χ4n) is 2.70. The van der Waals surface area contributed by atoms with E-state index in [4.69, 9.17) is 0 Å². The average molecular weight is 266 g/mol. The summed E-state index contributed by atoms with van der Waals surface area (Å²) in [5.41, 5.74) is 0. The molecule has 0 radical (unpaired) electrons. The number of imide groups is 1. The minimum absolute atomic E-state index is 0.0492. The minimum atomic E-state index is -0.206. The zero-order chi connectivity index (χ0) is 13.7. The molecule has 2 aliphatic heterocycles. The summed E-state index contributed by atoms with van der Waals surface area (Å²) in [7, 11) is 0. The third-order valence-corrected chi connectivity index (χ3v) is 3.87. The summed E-state index contributed by atoms with van der Waals surface area (Å²) in [4.78, 5) is 38.9. The van der Waals surface area contributed by atoms with E-state index in [0.717, 1.165) is 38.5 Å². The summed E-state index contributed by atoms with van der Waals surface area (Å²) in [6, 6.07) is 0. The van der Waals surface area contributed by atoms with Crippen molar-refractivity contribution < 1.29 is 14.4 Å². The highest BCUT2D eigenvalue weighted by molar-refractivity contribution is 5.97. The van der Waals surface area contributed by atoms with Crippen LogP contribution in [0.15, 0.2) is 0 Å². The molecule has 5 nitrogen and oxygen atoms in total. The molecule has 106 valence electrons. The summed E-state index contributed by atoms with van der Waals surface area (Å²) in [6.45, 7) is 1.23. The molecule has 0 aromatic rings. The second kappa shape index (κ2) is 6.68. The summed E-state index contributed by atoms with van der Waals surface area (Å²) >= 11 is 0. The molecule has 0 saturated carbocycles. The number of hydrogen-bond acceptors (Lipinski definition) is 3. The van der Waals surface area contributed by atoms with Crippen LogP contribution >= 0.6 is 0 Å². The first-order valence-corrected chi connectivity index (χ1v) is 7.29. The van der Waals surface area contributed by atoms with Gasteiger partial charge in [0.15, 0.2) is 0 Å². The molecule has 2 rings (SSSR count). The van der Waals surface area contributed by atoms with E-state index >= 15 is 0 Å². The van der Waals surface area contributed by atoms with Gasteiger partial charge in [-0.05, 0) is 25.7 Å². The van der Waals surface area contributed by atoms with Crippen molar-refractivity contribution in [1.82, 2.24) is 9.80 Å². The van der Waals surface area contributed by atoms with Gasteiger partial charge >= 0.3 is 0 Å². The Kier molecular flexibility index (Phi) is 4.93. The predicted molar refractivity (Wildman–Crippen MR) is 70.2 cm³/mol. The maximum absolute atomic E-state index is 12.2. The van der Waals surface area contributed by atoms with Crippen LogP contribution in [-0.2, 0) is 14.4 Å². The highest BCUT2D eigenvalue weighted by Gasteiger charge is 2.26. The van der Waals surface area contributed by atoms with Gasteiger partial charge < -0.3 is 4.90 Å². The Morgan fingerprint density at radius 1 is 0.842 bits per heavy atom. The van der Waals surface area contributed by atoms with Crippen LogP contribution in [0.25, 0.3) is 0 Å². The van der Waals surface area contributed by atoms with Gasteiger partial charge in [0.25, 0.3) is 0 Å². The van der Waals surface area contributed by atoms with E-state index in [9.17, 15) is 14.4 Å². The van der Waals surface area contributed by atoms with Crippen LogP contribution in [0.3, 0.4) is 0 Å². The zero-order valence-corrected chi connectivity index (χ0v) is 11.4. The number of amides is 3. The van der Waals surface area contributed by atoms with Gasteiger partial charge in [-0.1, -0.05) is 12.8 Å². The first-order valence-electron chi connectivity index (χ1n) is 7.29. The van der Waals surface area contributed by atoms with Crippen molar-refractivity contribution in [2.75, 3.05) is 19.6 Å². The zero-order valence-electron chi connectivity index (χ0n) is 11.4. The fraction of sp³-hybridized carbons (Fsp3) is 0.786. The summed E-state index contributed by atoms with van der Waals surface area (Å²) in [5.74, 6) is -0.236. The average Bonchev–Trinajstić information content (AvgIpc) is 2.71. The van der Waals surface area contributed by atoms with E-state index in [1.54, 1.807) is 4.90 Å². The molecule has 2 saturated heterocycles. The molecular formula is C14H22N2O3. The highest BCUT2D eigenvalue weighted by Crippen LogP contribution is 2.14. The number of rotatable bonds is 2. The van der Waals surface area contributed by atoms with Crippen molar-refractivity contribution >= 4 is 17.7 Å². The lowest BCUT2D eigenvalue weighted by Gasteiger charge is -2.24. The van der Waals surface area contributed by atoms with Crippen molar-refractivity contribution in [2.45, 2.75) is 51.4 Å². The van der Waals surface area contributed by atoms with Crippen LogP contribution in [0, 0.1) is 0 Å². The third kappa shape index (κ3) is 3.78. The van der Waals surface area contributed by atoms with Crippen molar-refractivity contribution in [3.8, 4) is 0 Å². The van der Waals surface area contributed by atoms with Crippen molar-refractivity contribution in [3.05, 3.63) is 0 Å². The van der Waals surface area contributed by atoms with Gasteiger partial charge in [0.05, 0.1) is 0 Å². The second-order valence-electron chi connectivity index (χ2n) is 5.38. The van der Waals surface area contributed by atoms with E-state index in [0.29, 0.717) is 25.9 Å². The molecule has 0 aliphatic carbocycles. The molecule has 0 spiro atoms. The number of hydrogen-bond donors (Lipinski definition) is 0. The molecule has 2 aliphatic rings. The lowest BCUT2D eigenvalue weighted by Crippen LogP contribution is -2.45. The largest absolute Gasteiger partial charge is 0.333 e. The summed E-state index contributed by atoms with van der Waals surface area (Å²) < 4.78 is 0. The molecule has 19 heavy (non-hydrogen) atoms. The van der Waals surface area contributed by atoms with E-state index < -0.39 is 0 Å². The van der Waals surface area contributed by atoms with Gasteiger partial charge in [-0.3, -0.25) is 19.3 Å². The normalized spacial score (nSPS) is 22.1. The Bertz CT molecular complexity index is 368. The van der Waals surface area contributed by atoms with Crippen molar-refractivity contribution in [2.24, 2.45) is 0 Å². The lowest BCUT2D eigenvalue weighted by atomic mass is 10.2. The molecular weight excluding hydrogens is 244 g/mol. The minimum Gasteiger partial charge on any atom is -0.333 e. The number of nitrogens with zero attached hydrogens (tertiary/aromatic N) is 2. The maximum atomic E-state index is 12.2. The smallest absolute Gasteiger partial charge is 0.248 e. The molecule has 5 heteroatoms. The molecule has 0 aromatic heterocycles. The fourth-order valence-corrected chi connectivity index (χ4v) is 2.70. The number of carbonyl (C=O) groups excluding carboxylic acids is 3. The maximum Gasteiger partial charge on any atom is 0.248 e. The quantitative estimate of drug-likeness (QED) is 0.757. The van der Waals surface area contributed by atoms with Crippen LogP contribution < -0.4 is 0 Å². The van der Waals surface area contributed by atoms with Gasteiger partial charge in [0.2, 0.25) is 17.7 Å². The molecule has 0 unspecified atom stereocenters. The topological polar surface area (TPSA) is 57.7 Å². The van der Waals surface area contributed by atoms with E-state index in [1.165, 1.54) is 4.90 Å². The molecule has 2 fully saturated rings. The standard InChI is InChI=1S/C14H22N2O3/c17-12-7-3-1-5-9-15(12)11-14(19)16-10-6-2-4-8-13(16)18/h1-11H2. The molecule has 2 heterocycles. The van der Waals surface area contributed by atoms with Gasteiger partial charge in [-0.25, -0.2) is 0 Å². The highest BCUT2D eigenvalue weighted by atomic mass is 16.2. The van der Waals surface area contributed by atoms with Crippen LogP contribution in [0.5, 0.6) is 0 Å². The molecule has 0 atom stereocenters. The number of carbonyl (C=O) groups is 3. The molecule has 0 N–H and O–H groups in total. The SMILES string of the molecule is O=C1CCCCCN1CC(=O)N1CCCCCC1=O. The van der Waals surface area contributed by atoms with Crippen LogP contribution in [-0.4, -0.2) is 47.2 Å². The predicted octanol–water partition coefficient (Wildman–Crippen LogP) is 1.32. The number of likely N-dealkylation sites (tertiary alicyclic amines) is 2.